The smallest absolute Gasteiger partial charge is 0.155 e. The highest BCUT2D eigenvalue weighted by Gasteiger charge is 2.04. The van der Waals surface area contributed by atoms with Crippen LogP contribution >= 0.6 is 15.9 Å². The Morgan fingerprint density at radius 1 is 1.57 bits per heavy atom. The van der Waals surface area contributed by atoms with Crippen LogP contribution in [0.25, 0.3) is 5.65 Å². The van der Waals surface area contributed by atoms with Gasteiger partial charge < -0.3 is 5.73 Å². The number of nitrogens with zero attached hydrogens (tertiary/aromatic N) is 3. The number of aryl methyl sites for hydroxylation is 1. The minimum absolute atomic E-state index is 0.580. The Kier molecular flexibility index (Phi) is 2.52. The van der Waals surface area contributed by atoms with E-state index in [1.807, 2.05) is 19.2 Å². The molecule has 0 bridgehead atoms. The highest BCUT2D eigenvalue weighted by atomic mass is 79.9. The lowest BCUT2D eigenvalue weighted by molar-refractivity contribution is 0.842. The highest BCUT2D eigenvalue weighted by Crippen LogP contribution is 2.16. The van der Waals surface area contributed by atoms with Gasteiger partial charge in [-0.25, -0.2) is 9.50 Å². The molecule has 0 atom stereocenters. The first-order chi connectivity index (χ1) is 6.70. The fourth-order valence-corrected chi connectivity index (χ4v) is 1.59. The maximum absolute atomic E-state index is 5.44. The summed E-state index contributed by atoms with van der Waals surface area (Å²) in [6.45, 7) is 2.61. The zero-order valence-electron chi connectivity index (χ0n) is 7.87. The van der Waals surface area contributed by atoms with Gasteiger partial charge in [0.05, 0.1) is 0 Å². The second kappa shape index (κ2) is 3.67. The minimum atomic E-state index is 0.580. The molecule has 0 aliphatic heterocycles. The molecule has 14 heavy (non-hydrogen) atoms. The molecule has 0 aromatic carbocycles. The van der Waals surface area contributed by atoms with E-state index in [0.717, 1.165) is 27.9 Å². The van der Waals surface area contributed by atoms with E-state index < -0.39 is 0 Å². The Balaban J connectivity index is 2.54. The van der Waals surface area contributed by atoms with Crippen LogP contribution < -0.4 is 5.73 Å². The molecule has 0 aliphatic carbocycles. The summed E-state index contributed by atoms with van der Waals surface area (Å²) in [5.41, 5.74) is 7.47. The van der Waals surface area contributed by atoms with E-state index >= 15 is 0 Å². The van der Waals surface area contributed by atoms with E-state index in [2.05, 4.69) is 26.0 Å². The Morgan fingerprint density at radius 3 is 3.07 bits per heavy atom. The molecule has 0 saturated heterocycles. The molecule has 2 rings (SSSR count). The number of hydrogen-bond acceptors (Lipinski definition) is 3. The maximum Gasteiger partial charge on any atom is 0.155 e. The van der Waals surface area contributed by atoms with Crippen molar-refractivity contribution < 1.29 is 0 Å². The molecule has 2 heterocycles. The third-order valence-electron chi connectivity index (χ3n) is 2.03. The van der Waals surface area contributed by atoms with Crippen molar-refractivity contribution in [1.82, 2.24) is 14.6 Å². The van der Waals surface area contributed by atoms with Gasteiger partial charge >= 0.3 is 0 Å². The molecule has 0 saturated carbocycles. The van der Waals surface area contributed by atoms with Crippen molar-refractivity contribution in [2.45, 2.75) is 13.3 Å². The quantitative estimate of drug-likeness (QED) is 0.879. The van der Waals surface area contributed by atoms with Crippen LogP contribution in [0.3, 0.4) is 0 Å². The summed E-state index contributed by atoms with van der Waals surface area (Å²) < 4.78 is 2.80. The molecule has 0 fully saturated rings. The Bertz CT molecular complexity index is 424. The molecular weight excluding hydrogens is 244 g/mol. The SMILES string of the molecule is Cc1cc2nc(CCN)nn2cc1Br. The van der Waals surface area contributed by atoms with Crippen LogP contribution in [0.5, 0.6) is 0 Å². The van der Waals surface area contributed by atoms with Gasteiger partial charge in [0.15, 0.2) is 11.5 Å². The number of pyridine rings is 1. The fourth-order valence-electron chi connectivity index (χ4n) is 1.28. The van der Waals surface area contributed by atoms with Crippen molar-refractivity contribution in [3.8, 4) is 0 Å². The lowest BCUT2D eigenvalue weighted by Gasteiger charge is -1.96. The monoisotopic (exact) mass is 254 g/mol. The van der Waals surface area contributed by atoms with Crippen LogP contribution in [0.2, 0.25) is 0 Å². The Morgan fingerprint density at radius 2 is 2.36 bits per heavy atom. The second-order valence-electron chi connectivity index (χ2n) is 3.17. The zero-order valence-corrected chi connectivity index (χ0v) is 9.45. The van der Waals surface area contributed by atoms with Gasteiger partial charge in [-0.05, 0) is 41.0 Å². The zero-order chi connectivity index (χ0) is 10.1. The average molecular weight is 255 g/mol. The van der Waals surface area contributed by atoms with E-state index in [1.54, 1.807) is 4.52 Å². The molecule has 2 aromatic heterocycles. The molecule has 0 radical (unpaired) electrons. The summed E-state index contributed by atoms with van der Waals surface area (Å²) in [6, 6.07) is 2.00. The predicted molar refractivity (Wildman–Crippen MR) is 58.2 cm³/mol. The van der Waals surface area contributed by atoms with E-state index in [9.17, 15) is 0 Å². The molecule has 2 N–H and O–H groups in total. The van der Waals surface area contributed by atoms with Crippen molar-refractivity contribution in [3.63, 3.8) is 0 Å². The third kappa shape index (κ3) is 1.65. The molecule has 4 nitrogen and oxygen atoms in total. The van der Waals surface area contributed by atoms with Crippen LogP contribution in [0.15, 0.2) is 16.7 Å². The number of halogens is 1. The van der Waals surface area contributed by atoms with Gasteiger partial charge in [-0.2, -0.15) is 5.10 Å². The van der Waals surface area contributed by atoms with Gasteiger partial charge in [-0.3, -0.25) is 0 Å². The summed E-state index contributed by atoms with van der Waals surface area (Å²) >= 11 is 3.45. The lowest BCUT2D eigenvalue weighted by Crippen LogP contribution is -2.04. The van der Waals surface area contributed by atoms with E-state index in [4.69, 9.17) is 5.73 Å². The fraction of sp³-hybridized carbons (Fsp3) is 0.333. The van der Waals surface area contributed by atoms with Crippen molar-refractivity contribution in [3.05, 3.63) is 28.1 Å². The summed E-state index contributed by atoms with van der Waals surface area (Å²) in [6.07, 6.45) is 2.63. The molecule has 0 unspecified atom stereocenters. The first kappa shape index (κ1) is 9.61. The molecular formula is C9H11BrN4. The predicted octanol–water partition coefficient (Wildman–Crippen LogP) is 1.30. The van der Waals surface area contributed by atoms with Crippen molar-refractivity contribution in [2.24, 2.45) is 5.73 Å². The number of aromatic nitrogens is 3. The van der Waals surface area contributed by atoms with Gasteiger partial charge in [0.2, 0.25) is 0 Å². The largest absolute Gasteiger partial charge is 0.330 e. The van der Waals surface area contributed by atoms with Gasteiger partial charge in [0.25, 0.3) is 0 Å². The maximum atomic E-state index is 5.44. The topological polar surface area (TPSA) is 56.2 Å². The summed E-state index contributed by atoms with van der Waals surface area (Å²) in [7, 11) is 0. The lowest BCUT2D eigenvalue weighted by atomic mass is 10.3. The van der Waals surface area contributed by atoms with E-state index in [0.29, 0.717) is 6.54 Å². The van der Waals surface area contributed by atoms with Crippen LogP contribution in [0.4, 0.5) is 0 Å². The van der Waals surface area contributed by atoms with Crippen molar-refractivity contribution >= 4 is 21.6 Å². The number of fused-ring (bicyclic) bond motifs is 1. The minimum Gasteiger partial charge on any atom is -0.330 e. The first-order valence-corrected chi connectivity index (χ1v) is 5.21. The molecule has 0 amide bonds. The second-order valence-corrected chi connectivity index (χ2v) is 4.03. The molecule has 5 heteroatoms. The number of nitrogens with two attached hydrogens (primary N) is 1. The summed E-state index contributed by atoms with van der Waals surface area (Å²) in [5.74, 6) is 0.796. The molecule has 0 aliphatic rings. The Labute approximate surface area is 90.3 Å². The van der Waals surface area contributed by atoms with E-state index in [-0.39, 0.29) is 0 Å². The number of hydrogen-bond donors (Lipinski definition) is 1. The van der Waals surface area contributed by atoms with Crippen molar-refractivity contribution in [2.75, 3.05) is 6.54 Å². The number of rotatable bonds is 2. The van der Waals surface area contributed by atoms with Crippen molar-refractivity contribution in [1.29, 1.82) is 0 Å². The summed E-state index contributed by atoms with van der Waals surface area (Å²) in [4.78, 5) is 4.36. The first-order valence-electron chi connectivity index (χ1n) is 4.42. The molecule has 0 spiro atoms. The van der Waals surface area contributed by atoms with Gasteiger partial charge in [-0.1, -0.05) is 0 Å². The van der Waals surface area contributed by atoms with Gasteiger partial charge in [-0.15, -0.1) is 0 Å². The molecule has 2 aromatic rings. The highest BCUT2D eigenvalue weighted by molar-refractivity contribution is 9.10. The summed E-state index contributed by atoms with van der Waals surface area (Å²) in [5, 5.41) is 4.30. The van der Waals surface area contributed by atoms with Gasteiger partial charge in [0, 0.05) is 17.1 Å². The van der Waals surface area contributed by atoms with Crippen LogP contribution in [-0.4, -0.2) is 21.1 Å². The normalized spacial score (nSPS) is 11.1. The standard InChI is InChI=1S/C9H11BrN4/c1-6-4-9-12-8(2-3-11)13-14(9)5-7(6)10/h4-5H,2-3,11H2,1H3. The third-order valence-corrected chi connectivity index (χ3v) is 2.86. The van der Waals surface area contributed by atoms with Gasteiger partial charge in [0.1, 0.15) is 0 Å². The molecule has 74 valence electrons. The van der Waals surface area contributed by atoms with Crippen LogP contribution in [-0.2, 0) is 6.42 Å². The average Bonchev–Trinajstić information content (AvgIpc) is 2.48. The Hall–Kier alpha value is -0.940. The van der Waals surface area contributed by atoms with Crippen LogP contribution in [0, 0.1) is 6.92 Å². The van der Waals surface area contributed by atoms with E-state index in [1.165, 1.54) is 0 Å². The van der Waals surface area contributed by atoms with Crippen LogP contribution in [0.1, 0.15) is 11.4 Å².